The van der Waals surface area contributed by atoms with Gasteiger partial charge in [0.05, 0.1) is 0 Å². The van der Waals surface area contributed by atoms with Gasteiger partial charge in [-0.05, 0) is 18.4 Å². The summed E-state index contributed by atoms with van der Waals surface area (Å²) in [5.74, 6) is -2.67. The fraction of sp³-hybridized carbons (Fsp3) is 0.455. The molecule has 15 heavy (non-hydrogen) atoms. The maximum Gasteiger partial charge on any atom is 0.163 e. The van der Waals surface area contributed by atoms with Crippen molar-refractivity contribution in [3.05, 3.63) is 34.6 Å². The maximum atomic E-state index is 13.4. The van der Waals surface area contributed by atoms with Gasteiger partial charge in [-0.2, -0.15) is 0 Å². The molecule has 1 aromatic rings. The monoisotopic (exact) mass is 215 g/mol. The van der Waals surface area contributed by atoms with E-state index in [9.17, 15) is 13.2 Å². The molecule has 0 spiro atoms. The smallest absolute Gasteiger partial charge is 0.163 e. The molecule has 0 aromatic heterocycles. The predicted octanol–water partition coefficient (Wildman–Crippen LogP) is 2.53. The first-order valence-corrected chi connectivity index (χ1v) is 5.02. The van der Waals surface area contributed by atoms with Gasteiger partial charge in [0, 0.05) is 24.2 Å². The molecule has 1 heterocycles. The van der Waals surface area contributed by atoms with E-state index in [-0.39, 0.29) is 18.2 Å². The molecule has 0 aliphatic carbocycles. The van der Waals surface area contributed by atoms with E-state index in [4.69, 9.17) is 0 Å². The lowest BCUT2D eigenvalue weighted by Crippen LogP contribution is -2.36. The minimum absolute atomic E-state index is 0.136. The molecule has 1 unspecified atom stereocenters. The number of rotatable bonds is 1. The van der Waals surface area contributed by atoms with Gasteiger partial charge >= 0.3 is 0 Å². The van der Waals surface area contributed by atoms with Crippen molar-refractivity contribution in [1.29, 1.82) is 0 Å². The van der Waals surface area contributed by atoms with Crippen LogP contribution < -0.4 is 5.32 Å². The normalized spacial score (nSPS) is 20.1. The molecule has 4 heteroatoms. The molecule has 1 aliphatic heterocycles. The van der Waals surface area contributed by atoms with E-state index in [0.717, 1.165) is 6.42 Å². The van der Waals surface area contributed by atoms with Crippen LogP contribution in [0, 0.1) is 17.5 Å². The average molecular weight is 215 g/mol. The van der Waals surface area contributed by atoms with E-state index in [1.807, 2.05) is 6.92 Å². The SMILES string of the molecule is CCC1Cc2c(F)cc(F)c(F)c2CN1. The van der Waals surface area contributed by atoms with Gasteiger partial charge in [-0.3, -0.25) is 0 Å². The predicted molar refractivity (Wildman–Crippen MR) is 50.9 cm³/mol. The summed E-state index contributed by atoms with van der Waals surface area (Å²) >= 11 is 0. The van der Waals surface area contributed by atoms with Gasteiger partial charge in [0.1, 0.15) is 5.82 Å². The lowest BCUT2D eigenvalue weighted by atomic mass is 9.93. The standard InChI is InChI=1S/C11H12F3N/c1-2-6-3-7-8(5-15-6)11(14)10(13)4-9(7)12/h4,6,15H,2-3,5H2,1H3. The van der Waals surface area contributed by atoms with Crippen LogP contribution in [0.5, 0.6) is 0 Å². The van der Waals surface area contributed by atoms with Crippen molar-refractivity contribution in [2.24, 2.45) is 0 Å². The van der Waals surface area contributed by atoms with Crippen molar-refractivity contribution >= 4 is 0 Å². The molecule has 0 radical (unpaired) electrons. The molecule has 1 atom stereocenters. The van der Waals surface area contributed by atoms with Crippen LogP contribution in [0.15, 0.2) is 6.07 Å². The van der Waals surface area contributed by atoms with Crippen molar-refractivity contribution in [2.75, 3.05) is 0 Å². The average Bonchev–Trinajstić information content (AvgIpc) is 2.25. The number of hydrogen-bond donors (Lipinski definition) is 1. The summed E-state index contributed by atoms with van der Waals surface area (Å²) < 4.78 is 39.6. The summed E-state index contributed by atoms with van der Waals surface area (Å²) in [6, 6.07) is 0.781. The largest absolute Gasteiger partial charge is 0.309 e. The van der Waals surface area contributed by atoms with Gasteiger partial charge < -0.3 is 5.32 Å². The Kier molecular flexibility index (Phi) is 2.69. The highest BCUT2D eigenvalue weighted by Gasteiger charge is 2.24. The molecule has 1 N–H and O–H groups in total. The minimum Gasteiger partial charge on any atom is -0.309 e. The molecule has 1 aliphatic rings. The highest BCUT2D eigenvalue weighted by atomic mass is 19.2. The van der Waals surface area contributed by atoms with E-state index in [1.54, 1.807) is 0 Å². The van der Waals surface area contributed by atoms with Crippen LogP contribution in [-0.4, -0.2) is 6.04 Å². The Balaban J connectivity index is 2.47. The van der Waals surface area contributed by atoms with Crippen molar-refractivity contribution in [2.45, 2.75) is 32.4 Å². The van der Waals surface area contributed by atoms with Crippen molar-refractivity contribution < 1.29 is 13.2 Å². The lowest BCUT2D eigenvalue weighted by Gasteiger charge is -2.25. The fourth-order valence-corrected chi connectivity index (χ4v) is 1.94. The Hall–Kier alpha value is -1.03. The van der Waals surface area contributed by atoms with E-state index < -0.39 is 17.5 Å². The van der Waals surface area contributed by atoms with Crippen LogP contribution in [0.3, 0.4) is 0 Å². The van der Waals surface area contributed by atoms with Crippen molar-refractivity contribution in [3.63, 3.8) is 0 Å². The van der Waals surface area contributed by atoms with Gasteiger partial charge in [0.2, 0.25) is 0 Å². The number of halogens is 3. The molecular weight excluding hydrogens is 203 g/mol. The molecule has 0 bridgehead atoms. The highest BCUT2D eigenvalue weighted by Crippen LogP contribution is 2.25. The molecule has 1 nitrogen and oxygen atoms in total. The second-order valence-electron chi connectivity index (χ2n) is 3.80. The second-order valence-corrected chi connectivity index (χ2v) is 3.80. The first-order valence-electron chi connectivity index (χ1n) is 5.02. The number of hydrogen-bond acceptors (Lipinski definition) is 1. The van der Waals surface area contributed by atoms with Crippen molar-refractivity contribution in [3.8, 4) is 0 Å². The Morgan fingerprint density at radius 2 is 2.00 bits per heavy atom. The minimum atomic E-state index is -1.11. The summed E-state index contributed by atoms with van der Waals surface area (Å²) in [4.78, 5) is 0. The van der Waals surface area contributed by atoms with Gasteiger partial charge in [0.25, 0.3) is 0 Å². The van der Waals surface area contributed by atoms with Crippen LogP contribution in [0.2, 0.25) is 0 Å². The van der Waals surface area contributed by atoms with Gasteiger partial charge in [-0.1, -0.05) is 6.92 Å². The number of benzene rings is 1. The third-order valence-corrected chi connectivity index (χ3v) is 2.89. The number of nitrogens with one attached hydrogen (secondary N) is 1. The van der Waals surface area contributed by atoms with Crippen LogP contribution >= 0.6 is 0 Å². The Morgan fingerprint density at radius 3 is 2.67 bits per heavy atom. The molecule has 0 fully saturated rings. The third kappa shape index (κ3) is 1.74. The summed E-state index contributed by atoms with van der Waals surface area (Å²) in [5.41, 5.74) is 0.455. The zero-order valence-electron chi connectivity index (χ0n) is 8.41. The molecular formula is C11H12F3N. The van der Waals surface area contributed by atoms with Gasteiger partial charge in [-0.25, -0.2) is 13.2 Å². The van der Waals surface area contributed by atoms with E-state index in [1.165, 1.54) is 0 Å². The first-order chi connectivity index (χ1) is 7.13. The topological polar surface area (TPSA) is 12.0 Å². The molecule has 1 aromatic carbocycles. The molecule has 82 valence electrons. The molecule has 0 amide bonds. The van der Waals surface area contributed by atoms with Crippen LogP contribution in [0.1, 0.15) is 24.5 Å². The zero-order valence-corrected chi connectivity index (χ0v) is 8.41. The van der Waals surface area contributed by atoms with Gasteiger partial charge in [-0.15, -0.1) is 0 Å². The summed E-state index contributed by atoms with van der Waals surface area (Å²) in [7, 11) is 0. The van der Waals surface area contributed by atoms with E-state index >= 15 is 0 Å². The van der Waals surface area contributed by atoms with Gasteiger partial charge in [0.15, 0.2) is 11.6 Å². The zero-order chi connectivity index (χ0) is 11.0. The van der Waals surface area contributed by atoms with Crippen LogP contribution in [-0.2, 0) is 13.0 Å². The van der Waals surface area contributed by atoms with E-state index in [2.05, 4.69) is 5.32 Å². The first kappa shape index (κ1) is 10.5. The molecule has 0 saturated carbocycles. The summed E-state index contributed by atoms with van der Waals surface area (Å²) in [6.45, 7) is 2.18. The third-order valence-electron chi connectivity index (χ3n) is 2.89. The lowest BCUT2D eigenvalue weighted by molar-refractivity contribution is 0.416. The summed E-state index contributed by atoms with van der Waals surface area (Å²) in [5, 5.41) is 3.05. The molecule has 2 rings (SSSR count). The Bertz CT molecular complexity index is 390. The van der Waals surface area contributed by atoms with E-state index in [0.29, 0.717) is 18.1 Å². The Morgan fingerprint density at radius 1 is 1.27 bits per heavy atom. The highest BCUT2D eigenvalue weighted by molar-refractivity contribution is 5.33. The van der Waals surface area contributed by atoms with Crippen LogP contribution in [0.25, 0.3) is 0 Å². The fourth-order valence-electron chi connectivity index (χ4n) is 1.94. The van der Waals surface area contributed by atoms with Crippen LogP contribution in [0.4, 0.5) is 13.2 Å². The second kappa shape index (κ2) is 3.85. The summed E-state index contributed by atoms with van der Waals surface area (Å²) in [6.07, 6.45) is 1.27. The Labute approximate surface area is 86.3 Å². The quantitative estimate of drug-likeness (QED) is 0.710. The molecule has 0 saturated heterocycles. The number of fused-ring (bicyclic) bond motifs is 1. The maximum absolute atomic E-state index is 13.4. The van der Waals surface area contributed by atoms with Crippen molar-refractivity contribution in [1.82, 2.24) is 5.32 Å².